The molecule has 0 unspecified atom stereocenters. The third kappa shape index (κ3) is 3.37. The minimum atomic E-state index is -0.297. The fourth-order valence-electron chi connectivity index (χ4n) is 3.18. The molecule has 1 aliphatic rings. The van der Waals surface area contributed by atoms with Crippen LogP contribution in [0.3, 0.4) is 0 Å². The minimum Gasteiger partial charge on any atom is -0.337 e. The number of nitrogens with zero attached hydrogens (tertiary/aromatic N) is 4. The molecule has 0 atom stereocenters. The first-order valence-corrected chi connectivity index (χ1v) is 9.32. The number of H-pyrrole nitrogens is 1. The molecule has 0 radical (unpaired) electrons. The summed E-state index contributed by atoms with van der Waals surface area (Å²) >= 11 is 1.63. The third-order valence-electron chi connectivity index (χ3n) is 4.62. The smallest absolute Gasteiger partial charge is 0.271 e. The number of piperidine rings is 1. The first-order valence-electron chi connectivity index (χ1n) is 8.51. The molecule has 26 heavy (non-hydrogen) atoms. The average Bonchev–Trinajstić information content (AvgIpc) is 3.31. The van der Waals surface area contributed by atoms with E-state index in [-0.39, 0.29) is 11.7 Å². The molecule has 1 aromatic carbocycles. The minimum absolute atomic E-state index is 0.0576. The van der Waals surface area contributed by atoms with Gasteiger partial charge in [0.25, 0.3) is 5.91 Å². The van der Waals surface area contributed by atoms with Gasteiger partial charge in [0.1, 0.15) is 21.5 Å². The summed E-state index contributed by atoms with van der Waals surface area (Å²) in [5, 5.41) is 17.3. The summed E-state index contributed by atoms with van der Waals surface area (Å²) in [6.07, 6.45) is 1.78. The summed E-state index contributed by atoms with van der Waals surface area (Å²) in [4.78, 5) is 14.6. The van der Waals surface area contributed by atoms with Crippen molar-refractivity contribution in [1.82, 2.24) is 25.3 Å². The number of carbonyl (C=O) groups excluding carboxylic acids is 1. The van der Waals surface area contributed by atoms with Crippen molar-refractivity contribution in [2.45, 2.75) is 25.7 Å². The van der Waals surface area contributed by atoms with Crippen LogP contribution in [0.4, 0.5) is 4.39 Å². The van der Waals surface area contributed by atoms with Gasteiger partial charge in [0.15, 0.2) is 0 Å². The lowest BCUT2D eigenvalue weighted by atomic mass is 9.97. The molecule has 1 aliphatic heterocycles. The largest absolute Gasteiger partial charge is 0.337 e. The van der Waals surface area contributed by atoms with Crippen LogP contribution in [0.2, 0.25) is 0 Å². The number of rotatable bonds is 3. The van der Waals surface area contributed by atoms with Crippen LogP contribution in [0.5, 0.6) is 0 Å². The Kier molecular flexibility index (Phi) is 4.50. The van der Waals surface area contributed by atoms with Crippen molar-refractivity contribution in [2.75, 3.05) is 13.1 Å². The number of aryl methyl sites for hydroxylation is 1. The van der Waals surface area contributed by atoms with E-state index in [1.807, 2.05) is 11.8 Å². The number of halogens is 1. The number of nitrogens with one attached hydrogen (secondary N) is 1. The van der Waals surface area contributed by atoms with Crippen LogP contribution >= 0.6 is 11.3 Å². The van der Waals surface area contributed by atoms with Crippen LogP contribution in [0, 0.1) is 12.7 Å². The van der Waals surface area contributed by atoms with E-state index in [1.165, 1.54) is 12.1 Å². The Balaban J connectivity index is 1.42. The van der Waals surface area contributed by atoms with Gasteiger partial charge in [-0.05, 0) is 50.1 Å². The lowest BCUT2D eigenvalue weighted by Gasteiger charge is -2.30. The van der Waals surface area contributed by atoms with E-state index >= 15 is 0 Å². The van der Waals surface area contributed by atoms with Crippen LogP contribution in [0.25, 0.3) is 11.3 Å². The van der Waals surface area contributed by atoms with E-state index in [2.05, 4.69) is 20.4 Å². The first-order chi connectivity index (χ1) is 12.6. The normalized spacial score (nSPS) is 15.4. The van der Waals surface area contributed by atoms with Crippen LogP contribution in [-0.4, -0.2) is 44.3 Å². The molecule has 134 valence electrons. The highest BCUT2D eigenvalue weighted by Gasteiger charge is 2.27. The molecule has 8 heteroatoms. The van der Waals surface area contributed by atoms with Gasteiger partial charge < -0.3 is 4.90 Å². The quantitative estimate of drug-likeness (QED) is 0.766. The molecule has 3 aromatic rings. The van der Waals surface area contributed by atoms with Gasteiger partial charge in [-0.3, -0.25) is 9.89 Å². The van der Waals surface area contributed by atoms with E-state index in [9.17, 15) is 9.18 Å². The zero-order chi connectivity index (χ0) is 18.1. The highest BCUT2D eigenvalue weighted by molar-refractivity contribution is 7.11. The van der Waals surface area contributed by atoms with Gasteiger partial charge in [0.2, 0.25) is 0 Å². The second kappa shape index (κ2) is 6.95. The van der Waals surface area contributed by atoms with Gasteiger partial charge in [-0.2, -0.15) is 5.10 Å². The van der Waals surface area contributed by atoms with Gasteiger partial charge in [-0.25, -0.2) is 4.39 Å². The Morgan fingerprint density at radius 1 is 1.23 bits per heavy atom. The molecule has 0 aliphatic carbocycles. The topological polar surface area (TPSA) is 74.8 Å². The van der Waals surface area contributed by atoms with Gasteiger partial charge >= 0.3 is 0 Å². The number of hydrogen-bond donors (Lipinski definition) is 1. The van der Waals surface area contributed by atoms with E-state index < -0.39 is 0 Å². The molecule has 1 fully saturated rings. The molecule has 4 rings (SSSR count). The number of likely N-dealkylation sites (tertiary alicyclic amines) is 1. The molecule has 0 bridgehead atoms. The van der Waals surface area contributed by atoms with Crippen molar-refractivity contribution in [2.24, 2.45) is 0 Å². The van der Waals surface area contributed by atoms with E-state index in [4.69, 9.17) is 0 Å². The summed E-state index contributed by atoms with van der Waals surface area (Å²) in [6.45, 7) is 3.33. The van der Waals surface area contributed by atoms with Crippen molar-refractivity contribution in [3.63, 3.8) is 0 Å². The zero-order valence-electron chi connectivity index (χ0n) is 14.3. The SMILES string of the molecule is Cc1nnc(C2CCN(C(=O)c3cc(-c4ccc(F)cc4)n[nH]3)CC2)s1. The van der Waals surface area contributed by atoms with Gasteiger partial charge in [-0.15, -0.1) is 21.5 Å². The third-order valence-corrected chi connectivity index (χ3v) is 5.62. The average molecular weight is 371 g/mol. The van der Waals surface area contributed by atoms with Crippen molar-refractivity contribution in [1.29, 1.82) is 0 Å². The Morgan fingerprint density at radius 3 is 2.62 bits per heavy atom. The van der Waals surface area contributed by atoms with E-state index in [1.54, 1.807) is 29.5 Å². The number of benzene rings is 1. The van der Waals surface area contributed by atoms with Crippen molar-refractivity contribution >= 4 is 17.2 Å². The summed E-state index contributed by atoms with van der Waals surface area (Å²) < 4.78 is 13.0. The second-order valence-corrected chi connectivity index (χ2v) is 7.61. The lowest BCUT2D eigenvalue weighted by molar-refractivity contribution is 0.0707. The molecular weight excluding hydrogens is 353 g/mol. The first kappa shape index (κ1) is 16.8. The number of aromatic amines is 1. The maximum atomic E-state index is 13.0. The van der Waals surface area contributed by atoms with Gasteiger partial charge in [0, 0.05) is 24.6 Å². The molecule has 1 amide bonds. The second-order valence-electron chi connectivity index (χ2n) is 6.40. The molecule has 6 nitrogen and oxygen atoms in total. The summed E-state index contributed by atoms with van der Waals surface area (Å²) in [5.74, 6) is 0.0219. The number of carbonyl (C=O) groups is 1. The van der Waals surface area contributed by atoms with E-state index in [0.717, 1.165) is 28.4 Å². The Morgan fingerprint density at radius 2 is 1.96 bits per heavy atom. The Bertz CT molecular complexity index is 912. The number of amides is 1. The summed E-state index contributed by atoms with van der Waals surface area (Å²) in [5.41, 5.74) is 1.86. The maximum Gasteiger partial charge on any atom is 0.271 e. The predicted molar refractivity (Wildman–Crippen MR) is 96.5 cm³/mol. The molecule has 1 N–H and O–H groups in total. The monoisotopic (exact) mass is 371 g/mol. The van der Waals surface area contributed by atoms with Crippen LogP contribution in [0.15, 0.2) is 30.3 Å². The predicted octanol–water partition coefficient (Wildman–Crippen LogP) is 3.40. The summed E-state index contributed by atoms with van der Waals surface area (Å²) in [7, 11) is 0. The van der Waals surface area contributed by atoms with Gasteiger partial charge in [0.05, 0.1) is 5.69 Å². The van der Waals surface area contributed by atoms with Crippen molar-refractivity contribution in [3.05, 3.63) is 51.9 Å². The maximum absolute atomic E-state index is 13.0. The molecule has 1 saturated heterocycles. The van der Waals surface area contributed by atoms with Crippen LogP contribution < -0.4 is 0 Å². The molecule has 0 spiro atoms. The van der Waals surface area contributed by atoms with Gasteiger partial charge in [-0.1, -0.05) is 0 Å². The highest BCUT2D eigenvalue weighted by Crippen LogP contribution is 2.30. The fraction of sp³-hybridized carbons (Fsp3) is 0.333. The molecular formula is C18H18FN5OS. The van der Waals surface area contributed by atoms with Crippen molar-refractivity contribution < 1.29 is 9.18 Å². The summed E-state index contributed by atoms with van der Waals surface area (Å²) in [6, 6.07) is 7.78. The zero-order valence-corrected chi connectivity index (χ0v) is 15.1. The van der Waals surface area contributed by atoms with Crippen LogP contribution in [0.1, 0.15) is 39.3 Å². The molecule has 3 heterocycles. The number of aromatic nitrogens is 4. The van der Waals surface area contributed by atoms with E-state index in [0.29, 0.717) is 30.4 Å². The molecule has 0 saturated carbocycles. The number of hydrogen-bond acceptors (Lipinski definition) is 5. The Hall–Kier alpha value is -2.61. The van der Waals surface area contributed by atoms with Crippen LogP contribution in [-0.2, 0) is 0 Å². The molecule has 2 aromatic heterocycles. The standard InChI is InChI=1S/C18H18FN5OS/c1-11-20-23-17(26-11)13-6-8-24(9-7-13)18(25)16-10-15(21-22-16)12-2-4-14(19)5-3-12/h2-5,10,13H,6-9H2,1H3,(H,21,22). The lowest BCUT2D eigenvalue weighted by Crippen LogP contribution is -2.38. The van der Waals surface area contributed by atoms with Crippen molar-refractivity contribution in [3.8, 4) is 11.3 Å². The fourth-order valence-corrected chi connectivity index (χ4v) is 4.04. The highest BCUT2D eigenvalue weighted by atomic mass is 32.1. The Labute approximate surface area is 154 Å².